The molecule has 1 heterocycles. The van der Waals surface area contributed by atoms with E-state index in [0.29, 0.717) is 31.3 Å². The van der Waals surface area contributed by atoms with Crippen LogP contribution < -0.4 is 16.0 Å². The molecular formula is C16H25N5O. The van der Waals surface area contributed by atoms with E-state index < -0.39 is 0 Å². The van der Waals surface area contributed by atoms with E-state index in [1.54, 1.807) is 0 Å². The lowest BCUT2D eigenvalue weighted by Crippen LogP contribution is -2.36. The van der Waals surface area contributed by atoms with Crippen LogP contribution in [0.1, 0.15) is 37.4 Å². The number of anilines is 1. The van der Waals surface area contributed by atoms with Crippen LogP contribution in [0.2, 0.25) is 0 Å². The lowest BCUT2D eigenvalue weighted by molar-refractivity contribution is -0.109. The van der Waals surface area contributed by atoms with Gasteiger partial charge in [-0.15, -0.1) is 0 Å². The molecule has 0 aromatic carbocycles. The Morgan fingerprint density at radius 1 is 1.45 bits per heavy atom. The zero-order valence-corrected chi connectivity index (χ0v) is 13.3. The first-order valence-electron chi connectivity index (χ1n) is 7.85. The summed E-state index contributed by atoms with van der Waals surface area (Å²) in [5, 5.41) is 17.8. The molecule has 2 rings (SSSR count). The summed E-state index contributed by atoms with van der Waals surface area (Å²) in [5.41, 5.74) is 2.33. The summed E-state index contributed by atoms with van der Waals surface area (Å²) in [6.07, 6.45) is 3.94. The predicted octanol–water partition coefficient (Wildman–Crippen LogP) is 1.45. The molecule has 1 amide bonds. The van der Waals surface area contributed by atoms with Crippen molar-refractivity contribution in [3.05, 3.63) is 23.4 Å². The van der Waals surface area contributed by atoms with Crippen LogP contribution in [0.3, 0.4) is 0 Å². The highest BCUT2D eigenvalue weighted by Crippen LogP contribution is 2.21. The molecule has 4 N–H and O–H groups in total. The van der Waals surface area contributed by atoms with Crippen LogP contribution >= 0.6 is 0 Å². The molecule has 1 atom stereocenters. The number of nitrogens with one attached hydrogen (secondary N) is 4. The summed E-state index contributed by atoms with van der Waals surface area (Å²) in [6, 6.07) is 4.49. The van der Waals surface area contributed by atoms with E-state index in [1.165, 1.54) is 12.8 Å². The molecule has 120 valence electrons. The quantitative estimate of drug-likeness (QED) is 0.299. The van der Waals surface area contributed by atoms with E-state index in [2.05, 4.69) is 20.9 Å². The van der Waals surface area contributed by atoms with Gasteiger partial charge in [0.1, 0.15) is 5.82 Å². The van der Waals surface area contributed by atoms with Crippen molar-refractivity contribution in [2.24, 2.45) is 0 Å². The van der Waals surface area contributed by atoms with Gasteiger partial charge in [-0.2, -0.15) is 0 Å². The Balaban J connectivity index is 1.99. The number of hydrogen-bond acceptors (Lipinski definition) is 5. The normalized spacial score (nSPS) is 15.2. The molecule has 0 aliphatic heterocycles. The average Bonchev–Trinajstić information content (AvgIpc) is 3.30. The lowest BCUT2D eigenvalue weighted by Gasteiger charge is -2.18. The van der Waals surface area contributed by atoms with E-state index in [4.69, 9.17) is 5.41 Å². The summed E-state index contributed by atoms with van der Waals surface area (Å²) in [5.74, 6) is 0.751. The van der Waals surface area contributed by atoms with Gasteiger partial charge in [-0.05, 0) is 45.2 Å². The van der Waals surface area contributed by atoms with Crippen molar-refractivity contribution in [3.63, 3.8) is 0 Å². The highest BCUT2D eigenvalue weighted by molar-refractivity contribution is 6.05. The number of aryl methyl sites for hydroxylation is 1. The van der Waals surface area contributed by atoms with Gasteiger partial charge in [0.25, 0.3) is 0 Å². The van der Waals surface area contributed by atoms with Crippen molar-refractivity contribution in [1.29, 1.82) is 5.41 Å². The Labute approximate surface area is 131 Å². The van der Waals surface area contributed by atoms with Crippen molar-refractivity contribution < 1.29 is 4.79 Å². The second-order valence-corrected chi connectivity index (χ2v) is 5.78. The van der Waals surface area contributed by atoms with Gasteiger partial charge in [-0.3, -0.25) is 4.79 Å². The van der Waals surface area contributed by atoms with Gasteiger partial charge in [0, 0.05) is 36.4 Å². The molecule has 1 aliphatic carbocycles. The maximum atomic E-state index is 10.2. The molecule has 1 saturated carbocycles. The minimum atomic E-state index is 0.0225. The Morgan fingerprint density at radius 3 is 2.91 bits per heavy atom. The smallest absolute Gasteiger partial charge is 0.207 e. The molecule has 22 heavy (non-hydrogen) atoms. The molecule has 1 aliphatic rings. The zero-order valence-electron chi connectivity index (χ0n) is 13.3. The van der Waals surface area contributed by atoms with Crippen molar-refractivity contribution in [1.82, 2.24) is 15.6 Å². The van der Waals surface area contributed by atoms with Crippen molar-refractivity contribution >= 4 is 17.9 Å². The maximum Gasteiger partial charge on any atom is 0.207 e. The lowest BCUT2D eigenvalue weighted by atomic mass is 10.0. The Morgan fingerprint density at radius 2 is 2.23 bits per heavy atom. The molecule has 0 saturated heterocycles. The number of pyridine rings is 1. The van der Waals surface area contributed by atoms with Crippen LogP contribution in [0.4, 0.5) is 5.82 Å². The Kier molecular flexibility index (Phi) is 5.89. The molecular weight excluding hydrogens is 278 g/mol. The van der Waals surface area contributed by atoms with E-state index in [0.717, 1.165) is 23.5 Å². The van der Waals surface area contributed by atoms with Gasteiger partial charge in [0.2, 0.25) is 6.41 Å². The molecule has 1 aromatic heterocycles. The standard InChI is InChI=1S/C16H25N5O/c1-11-4-7-14(15(17)12(2)21-13-5-6-13)16(20-11)19-9-3-8-18-10-22/h4,7,10,12-13,17,21H,3,5-6,8-9H2,1-2H3,(H,18,22)(H,19,20). The SMILES string of the molecule is Cc1ccc(C(=N)C(C)NC2CC2)c(NCCCNC=O)n1. The van der Waals surface area contributed by atoms with Gasteiger partial charge in [0.15, 0.2) is 0 Å². The minimum Gasteiger partial charge on any atom is -0.369 e. The number of rotatable bonds is 10. The van der Waals surface area contributed by atoms with Gasteiger partial charge in [0.05, 0.1) is 5.71 Å². The largest absolute Gasteiger partial charge is 0.369 e. The van der Waals surface area contributed by atoms with Crippen LogP contribution in [0, 0.1) is 12.3 Å². The summed E-state index contributed by atoms with van der Waals surface area (Å²) in [6.45, 7) is 5.31. The molecule has 6 nitrogen and oxygen atoms in total. The van der Waals surface area contributed by atoms with E-state index in [1.807, 2.05) is 26.0 Å². The van der Waals surface area contributed by atoms with Gasteiger partial charge in [-0.25, -0.2) is 4.98 Å². The average molecular weight is 303 g/mol. The third-order valence-electron chi connectivity index (χ3n) is 3.69. The highest BCUT2D eigenvalue weighted by atomic mass is 16.1. The van der Waals surface area contributed by atoms with Crippen LogP contribution in [0.25, 0.3) is 0 Å². The van der Waals surface area contributed by atoms with E-state index in [-0.39, 0.29) is 6.04 Å². The highest BCUT2D eigenvalue weighted by Gasteiger charge is 2.25. The topological polar surface area (TPSA) is 89.9 Å². The number of aromatic nitrogens is 1. The minimum absolute atomic E-state index is 0.0225. The molecule has 0 radical (unpaired) electrons. The maximum absolute atomic E-state index is 10.2. The van der Waals surface area contributed by atoms with Crippen LogP contribution in [0.15, 0.2) is 12.1 Å². The predicted molar refractivity (Wildman–Crippen MR) is 88.6 cm³/mol. The van der Waals surface area contributed by atoms with Crippen LogP contribution in [0.5, 0.6) is 0 Å². The first-order valence-corrected chi connectivity index (χ1v) is 7.85. The summed E-state index contributed by atoms with van der Waals surface area (Å²) in [4.78, 5) is 14.7. The molecule has 6 heteroatoms. The zero-order chi connectivity index (χ0) is 15.9. The third-order valence-corrected chi connectivity index (χ3v) is 3.69. The number of nitrogens with zero attached hydrogens (tertiary/aromatic N) is 1. The molecule has 0 bridgehead atoms. The fourth-order valence-corrected chi connectivity index (χ4v) is 2.29. The number of carbonyl (C=O) groups excluding carboxylic acids is 1. The number of amides is 1. The van der Waals surface area contributed by atoms with E-state index >= 15 is 0 Å². The first-order chi connectivity index (χ1) is 10.6. The molecule has 0 spiro atoms. The second kappa shape index (κ2) is 7.89. The number of carbonyl (C=O) groups is 1. The second-order valence-electron chi connectivity index (χ2n) is 5.78. The van der Waals surface area contributed by atoms with Crippen molar-refractivity contribution in [3.8, 4) is 0 Å². The summed E-state index contributed by atoms with van der Waals surface area (Å²) < 4.78 is 0. The first kappa shape index (κ1) is 16.4. The fourth-order valence-electron chi connectivity index (χ4n) is 2.29. The molecule has 1 fully saturated rings. The third kappa shape index (κ3) is 4.80. The fraction of sp³-hybridized carbons (Fsp3) is 0.562. The van der Waals surface area contributed by atoms with Gasteiger partial charge >= 0.3 is 0 Å². The summed E-state index contributed by atoms with van der Waals surface area (Å²) >= 11 is 0. The Bertz CT molecular complexity index is 527. The van der Waals surface area contributed by atoms with Gasteiger partial charge in [-0.1, -0.05) is 0 Å². The monoisotopic (exact) mass is 303 g/mol. The van der Waals surface area contributed by atoms with Crippen LogP contribution in [-0.4, -0.2) is 42.3 Å². The molecule has 1 aromatic rings. The van der Waals surface area contributed by atoms with Crippen LogP contribution in [-0.2, 0) is 4.79 Å². The van der Waals surface area contributed by atoms with Crippen molar-refractivity contribution in [2.75, 3.05) is 18.4 Å². The number of hydrogen-bond donors (Lipinski definition) is 4. The Hall–Kier alpha value is -1.95. The summed E-state index contributed by atoms with van der Waals surface area (Å²) in [7, 11) is 0. The van der Waals surface area contributed by atoms with Gasteiger partial charge < -0.3 is 21.4 Å². The van der Waals surface area contributed by atoms with E-state index in [9.17, 15) is 4.79 Å². The van der Waals surface area contributed by atoms with Crippen molar-refractivity contribution in [2.45, 2.75) is 45.2 Å². The molecule has 1 unspecified atom stereocenters.